The lowest BCUT2D eigenvalue weighted by Gasteiger charge is -2.32. The Labute approximate surface area is 191 Å². The first kappa shape index (κ1) is 21.9. The number of hydrogen-bond acceptors (Lipinski definition) is 4. The van der Waals surface area contributed by atoms with E-state index in [1.165, 1.54) is 0 Å². The van der Waals surface area contributed by atoms with Crippen LogP contribution in [0, 0.1) is 0 Å². The first-order valence-electron chi connectivity index (χ1n) is 10.5. The molecule has 0 saturated carbocycles. The van der Waals surface area contributed by atoms with Crippen molar-refractivity contribution in [1.82, 2.24) is 20.0 Å². The molecule has 0 aliphatic carbocycles. The second-order valence-corrected chi connectivity index (χ2v) is 8.33. The maximum atomic E-state index is 13.0. The predicted octanol–water partition coefficient (Wildman–Crippen LogP) is 3.69. The van der Waals surface area contributed by atoms with Crippen LogP contribution in [-0.4, -0.2) is 45.6 Å². The molecule has 1 fully saturated rings. The fraction of sp³-hybridized carbons (Fsp3) is 0.292. The maximum absolute atomic E-state index is 13.0. The average Bonchev–Trinajstić information content (AvgIpc) is 3.24. The van der Waals surface area contributed by atoms with Crippen LogP contribution in [0.5, 0.6) is 5.75 Å². The number of aromatic nitrogens is 2. The van der Waals surface area contributed by atoms with Crippen molar-refractivity contribution in [3.63, 3.8) is 0 Å². The first-order chi connectivity index (χ1) is 15.5. The number of carbonyl (C=O) groups excluding carboxylic acids is 2. The number of benzene rings is 2. The van der Waals surface area contributed by atoms with E-state index in [0.717, 1.165) is 5.56 Å². The van der Waals surface area contributed by atoms with E-state index in [1.54, 1.807) is 36.3 Å². The zero-order valence-corrected chi connectivity index (χ0v) is 18.6. The van der Waals surface area contributed by atoms with Gasteiger partial charge >= 0.3 is 0 Å². The minimum atomic E-state index is -0.132. The number of nitrogens with one attached hydrogen (secondary N) is 1. The van der Waals surface area contributed by atoms with E-state index in [-0.39, 0.29) is 17.9 Å². The van der Waals surface area contributed by atoms with Crippen LogP contribution >= 0.6 is 11.6 Å². The standard InChI is InChI=1S/C24H25ClN4O3/c1-28-15-19(14-26-28)23(30)27-21-8-10-29(11-9-21)24(31)18-5-3-7-22(13-18)32-16-17-4-2-6-20(25)12-17/h2-7,12-15,21H,8-11,16H2,1H3,(H,27,30). The number of amides is 2. The van der Waals surface area contributed by atoms with Gasteiger partial charge in [-0.1, -0.05) is 29.8 Å². The molecular formula is C24H25ClN4O3. The van der Waals surface area contributed by atoms with Gasteiger partial charge in [0.15, 0.2) is 0 Å². The molecule has 0 atom stereocenters. The highest BCUT2D eigenvalue weighted by Crippen LogP contribution is 2.20. The lowest BCUT2D eigenvalue weighted by molar-refractivity contribution is 0.0697. The molecule has 0 bridgehead atoms. The SMILES string of the molecule is Cn1cc(C(=O)NC2CCN(C(=O)c3cccc(OCc4cccc(Cl)c4)c3)CC2)cn1. The van der Waals surface area contributed by atoms with Crippen LogP contribution in [0.4, 0.5) is 0 Å². The van der Waals surface area contributed by atoms with Gasteiger partial charge < -0.3 is 15.0 Å². The van der Waals surface area contributed by atoms with Crippen LogP contribution < -0.4 is 10.1 Å². The van der Waals surface area contributed by atoms with Crippen molar-refractivity contribution in [2.45, 2.75) is 25.5 Å². The summed E-state index contributed by atoms with van der Waals surface area (Å²) in [6, 6.07) is 14.8. The Morgan fingerprint density at radius 2 is 1.91 bits per heavy atom. The average molecular weight is 453 g/mol. The van der Waals surface area contributed by atoms with E-state index in [9.17, 15) is 9.59 Å². The Hall–Kier alpha value is -3.32. The molecule has 166 valence electrons. The Morgan fingerprint density at radius 1 is 1.12 bits per heavy atom. The smallest absolute Gasteiger partial charge is 0.254 e. The third kappa shape index (κ3) is 5.48. The molecule has 3 aromatic rings. The number of halogens is 1. The molecule has 0 unspecified atom stereocenters. The minimum Gasteiger partial charge on any atom is -0.489 e. The molecule has 1 N–H and O–H groups in total. The highest BCUT2D eigenvalue weighted by atomic mass is 35.5. The zero-order valence-electron chi connectivity index (χ0n) is 17.8. The molecule has 1 aliphatic rings. The quantitative estimate of drug-likeness (QED) is 0.618. The minimum absolute atomic E-state index is 0.0322. The van der Waals surface area contributed by atoms with Crippen molar-refractivity contribution in [2.75, 3.05) is 13.1 Å². The number of nitrogens with zero attached hydrogens (tertiary/aromatic N) is 3. The topological polar surface area (TPSA) is 76.5 Å². The van der Waals surface area contributed by atoms with Gasteiger partial charge in [-0.15, -0.1) is 0 Å². The summed E-state index contributed by atoms with van der Waals surface area (Å²) in [5.41, 5.74) is 2.09. The number of hydrogen-bond donors (Lipinski definition) is 1. The fourth-order valence-corrected chi connectivity index (χ4v) is 3.94. The molecule has 0 spiro atoms. The normalized spacial score (nSPS) is 14.2. The van der Waals surface area contributed by atoms with E-state index in [0.29, 0.717) is 54.4 Å². The number of carbonyl (C=O) groups is 2. The van der Waals surface area contributed by atoms with Crippen molar-refractivity contribution < 1.29 is 14.3 Å². The van der Waals surface area contributed by atoms with Gasteiger partial charge in [0.1, 0.15) is 12.4 Å². The molecule has 2 aromatic carbocycles. The second kappa shape index (κ2) is 9.87. The van der Waals surface area contributed by atoms with Gasteiger partial charge in [0.25, 0.3) is 11.8 Å². The van der Waals surface area contributed by atoms with Crippen LogP contribution in [0.15, 0.2) is 60.9 Å². The van der Waals surface area contributed by atoms with Gasteiger partial charge in [0.2, 0.25) is 0 Å². The third-order valence-electron chi connectivity index (χ3n) is 5.46. The molecule has 4 rings (SSSR count). The summed E-state index contributed by atoms with van der Waals surface area (Å²) in [7, 11) is 1.78. The third-order valence-corrected chi connectivity index (χ3v) is 5.70. The molecule has 2 amide bonds. The molecule has 32 heavy (non-hydrogen) atoms. The molecule has 1 saturated heterocycles. The summed E-state index contributed by atoms with van der Waals surface area (Å²) in [4.78, 5) is 27.1. The largest absolute Gasteiger partial charge is 0.489 e. The summed E-state index contributed by atoms with van der Waals surface area (Å²) in [6.45, 7) is 1.55. The Bertz CT molecular complexity index is 1110. The summed E-state index contributed by atoms with van der Waals surface area (Å²) in [6.07, 6.45) is 4.66. The number of aryl methyl sites for hydroxylation is 1. The summed E-state index contributed by atoms with van der Waals surface area (Å²) >= 11 is 6.02. The first-order valence-corrected chi connectivity index (χ1v) is 10.9. The van der Waals surface area contributed by atoms with Crippen LogP contribution in [0.2, 0.25) is 5.02 Å². The predicted molar refractivity (Wildman–Crippen MR) is 122 cm³/mol. The van der Waals surface area contributed by atoms with Gasteiger partial charge in [-0.3, -0.25) is 14.3 Å². The van der Waals surface area contributed by atoms with E-state index >= 15 is 0 Å². The van der Waals surface area contributed by atoms with Crippen molar-refractivity contribution in [3.8, 4) is 5.75 Å². The van der Waals surface area contributed by atoms with Crippen molar-refractivity contribution in [3.05, 3.63) is 82.6 Å². The Balaban J connectivity index is 1.30. The monoisotopic (exact) mass is 452 g/mol. The lowest BCUT2D eigenvalue weighted by atomic mass is 10.0. The number of ether oxygens (including phenoxy) is 1. The van der Waals surface area contributed by atoms with Crippen molar-refractivity contribution in [1.29, 1.82) is 0 Å². The van der Waals surface area contributed by atoms with E-state index in [4.69, 9.17) is 16.3 Å². The molecular weight excluding hydrogens is 428 g/mol. The van der Waals surface area contributed by atoms with E-state index < -0.39 is 0 Å². The maximum Gasteiger partial charge on any atom is 0.254 e. The Morgan fingerprint density at radius 3 is 2.62 bits per heavy atom. The summed E-state index contributed by atoms with van der Waals surface area (Å²) in [5, 5.41) is 7.72. The van der Waals surface area contributed by atoms with Crippen LogP contribution in [0.1, 0.15) is 39.1 Å². The lowest BCUT2D eigenvalue weighted by Crippen LogP contribution is -2.46. The van der Waals surface area contributed by atoms with Gasteiger partial charge in [-0.2, -0.15) is 5.10 Å². The summed E-state index contributed by atoms with van der Waals surface area (Å²) < 4.78 is 7.45. The van der Waals surface area contributed by atoms with E-state index in [1.807, 2.05) is 41.3 Å². The molecule has 7 nitrogen and oxygen atoms in total. The Kier molecular flexibility index (Phi) is 6.75. The van der Waals surface area contributed by atoms with Gasteiger partial charge in [0, 0.05) is 43.0 Å². The van der Waals surface area contributed by atoms with Crippen molar-refractivity contribution >= 4 is 23.4 Å². The van der Waals surface area contributed by atoms with Crippen molar-refractivity contribution in [2.24, 2.45) is 7.05 Å². The molecule has 0 radical (unpaired) electrons. The second-order valence-electron chi connectivity index (χ2n) is 7.89. The van der Waals surface area contributed by atoms with Crippen LogP contribution in [-0.2, 0) is 13.7 Å². The van der Waals surface area contributed by atoms with Gasteiger partial charge in [-0.25, -0.2) is 0 Å². The fourth-order valence-electron chi connectivity index (χ4n) is 3.73. The number of rotatable bonds is 6. The molecule has 1 aliphatic heterocycles. The highest BCUT2D eigenvalue weighted by molar-refractivity contribution is 6.30. The summed E-state index contributed by atoms with van der Waals surface area (Å²) in [5.74, 6) is 0.470. The zero-order chi connectivity index (χ0) is 22.5. The molecule has 8 heteroatoms. The number of piperidine rings is 1. The number of likely N-dealkylation sites (tertiary alicyclic amines) is 1. The van der Waals surface area contributed by atoms with Crippen LogP contribution in [0.25, 0.3) is 0 Å². The van der Waals surface area contributed by atoms with E-state index in [2.05, 4.69) is 10.4 Å². The molecule has 1 aromatic heterocycles. The van der Waals surface area contributed by atoms with Gasteiger partial charge in [-0.05, 0) is 48.7 Å². The van der Waals surface area contributed by atoms with Gasteiger partial charge in [0.05, 0.1) is 11.8 Å². The molecule has 2 heterocycles. The van der Waals surface area contributed by atoms with Crippen LogP contribution in [0.3, 0.4) is 0 Å². The highest BCUT2D eigenvalue weighted by Gasteiger charge is 2.25.